The molecule has 1 aromatic rings. The number of thiocarbonyl (C=S) groups is 1. The standard InChI is InChI=1S/C14H14N2O3S/c17-7-8-1-2-10-9(5-8)6-16(14(10)20)11-3-4-12(18)15-13(11)19/h1-2,5,11,17H,3-4,6-7H2,(H,15,18,19). The fraction of sp³-hybridized carbons (Fsp3) is 0.357. The van der Waals surface area contributed by atoms with Crippen LogP contribution in [-0.2, 0) is 22.7 Å². The van der Waals surface area contributed by atoms with Crippen molar-refractivity contribution in [2.75, 3.05) is 0 Å². The van der Waals surface area contributed by atoms with Gasteiger partial charge >= 0.3 is 0 Å². The van der Waals surface area contributed by atoms with E-state index in [4.69, 9.17) is 12.2 Å². The summed E-state index contributed by atoms with van der Waals surface area (Å²) in [7, 11) is 0. The van der Waals surface area contributed by atoms with Crippen LogP contribution in [0.25, 0.3) is 0 Å². The number of carbonyl (C=O) groups is 2. The first-order valence-electron chi connectivity index (χ1n) is 6.47. The van der Waals surface area contributed by atoms with Crippen molar-refractivity contribution in [1.29, 1.82) is 0 Å². The van der Waals surface area contributed by atoms with Crippen LogP contribution in [0.4, 0.5) is 0 Å². The van der Waals surface area contributed by atoms with Crippen LogP contribution in [0.2, 0.25) is 0 Å². The Morgan fingerprint density at radius 1 is 1.40 bits per heavy atom. The zero-order valence-corrected chi connectivity index (χ0v) is 11.6. The van der Waals surface area contributed by atoms with Crippen molar-refractivity contribution in [3.8, 4) is 0 Å². The van der Waals surface area contributed by atoms with Gasteiger partial charge in [-0.15, -0.1) is 0 Å². The van der Waals surface area contributed by atoms with Crippen LogP contribution in [0, 0.1) is 0 Å². The van der Waals surface area contributed by atoms with Crippen molar-refractivity contribution >= 4 is 29.0 Å². The number of hydrogen-bond acceptors (Lipinski definition) is 4. The third-order valence-corrected chi connectivity index (χ3v) is 4.22. The summed E-state index contributed by atoms with van der Waals surface area (Å²) >= 11 is 5.44. The summed E-state index contributed by atoms with van der Waals surface area (Å²) in [5, 5.41) is 11.5. The highest BCUT2D eigenvalue weighted by Gasteiger charge is 2.36. The van der Waals surface area contributed by atoms with Crippen LogP contribution in [0.5, 0.6) is 0 Å². The molecule has 0 spiro atoms. The van der Waals surface area contributed by atoms with E-state index in [2.05, 4.69) is 5.32 Å². The number of benzene rings is 1. The normalized spacial score (nSPS) is 21.9. The molecule has 1 unspecified atom stereocenters. The smallest absolute Gasteiger partial charge is 0.249 e. The molecule has 2 heterocycles. The quantitative estimate of drug-likeness (QED) is 0.612. The Kier molecular flexibility index (Phi) is 3.27. The van der Waals surface area contributed by atoms with Gasteiger partial charge in [-0.1, -0.05) is 30.4 Å². The number of rotatable bonds is 2. The molecule has 0 bridgehead atoms. The Hall–Kier alpha value is -1.79. The van der Waals surface area contributed by atoms with Gasteiger partial charge in [0.1, 0.15) is 11.0 Å². The molecule has 0 aromatic heterocycles. The lowest BCUT2D eigenvalue weighted by Gasteiger charge is -2.30. The molecule has 3 rings (SSSR count). The maximum atomic E-state index is 11.9. The van der Waals surface area contributed by atoms with E-state index in [-0.39, 0.29) is 24.5 Å². The summed E-state index contributed by atoms with van der Waals surface area (Å²) in [4.78, 5) is 25.6. The lowest BCUT2D eigenvalue weighted by Crippen LogP contribution is -2.52. The minimum atomic E-state index is -0.384. The van der Waals surface area contributed by atoms with E-state index in [0.717, 1.165) is 16.7 Å². The van der Waals surface area contributed by atoms with Gasteiger partial charge in [-0.3, -0.25) is 14.9 Å². The number of imide groups is 1. The van der Waals surface area contributed by atoms with E-state index < -0.39 is 0 Å². The largest absolute Gasteiger partial charge is 0.392 e. The minimum absolute atomic E-state index is 0.0154. The van der Waals surface area contributed by atoms with Crippen LogP contribution < -0.4 is 5.32 Å². The van der Waals surface area contributed by atoms with Gasteiger partial charge in [0.25, 0.3) is 0 Å². The summed E-state index contributed by atoms with van der Waals surface area (Å²) < 4.78 is 0. The van der Waals surface area contributed by atoms with Gasteiger partial charge in [-0.25, -0.2) is 0 Å². The molecular weight excluding hydrogens is 276 g/mol. The topological polar surface area (TPSA) is 69.6 Å². The van der Waals surface area contributed by atoms with Crippen molar-refractivity contribution in [3.05, 3.63) is 34.9 Å². The fourth-order valence-electron chi connectivity index (χ4n) is 2.73. The van der Waals surface area contributed by atoms with Crippen molar-refractivity contribution in [3.63, 3.8) is 0 Å². The summed E-state index contributed by atoms with van der Waals surface area (Å²) in [6.07, 6.45) is 0.833. The molecule has 0 aliphatic carbocycles. The van der Waals surface area contributed by atoms with Gasteiger partial charge in [0, 0.05) is 18.5 Å². The van der Waals surface area contributed by atoms with Gasteiger partial charge in [0.05, 0.1) is 6.61 Å². The summed E-state index contributed by atoms with van der Waals surface area (Å²) in [5.41, 5.74) is 2.78. The summed E-state index contributed by atoms with van der Waals surface area (Å²) in [6.45, 7) is 0.534. The first-order chi connectivity index (χ1) is 9.60. The molecule has 1 saturated heterocycles. The Balaban J connectivity index is 1.86. The minimum Gasteiger partial charge on any atom is -0.392 e. The SMILES string of the molecule is O=C1CCC(N2Cc3cc(CO)ccc3C2=S)C(=O)N1. The summed E-state index contributed by atoms with van der Waals surface area (Å²) in [5.74, 6) is -0.504. The second kappa shape index (κ2) is 4.96. The van der Waals surface area contributed by atoms with Crippen molar-refractivity contribution in [2.45, 2.75) is 32.0 Å². The monoisotopic (exact) mass is 290 g/mol. The molecule has 2 amide bonds. The molecule has 6 heteroatoms. The Morgan fingerprint density at radius 3 is 2.90 bits per heavy atom. The first kappa shape index (κ1) is 13.2. The molecule has 5 nitrogen and oxygen atoms in total. The predicted molar refractivity (Wildman–Crippen MR) is 75.8 cm³/mol. The second-order valence-electron chi connectivity index (χ2n) is 5.05. The number of fused-ring (bicyclic) bond motifs is 1. The molecular formula is C14H14N2O3S. The fourth-order valence-corrected chi connectivity index (χ4v) is 3.12. The highest BCUT2D eigenvalue weighted by atomic mass is 32.1. The Bertz CT molecular complexity index is 614. The third kappa shape index (κ3) is 2.10. The molecule has 20 heavy (non-hydrogen) atoms. The van der Waals surface area contributed by atoms with Crippen molar-refractivity contribution in [2.24, 2.45) is 0 Å². The lowest BCUT2D eigenvalue weighted by atomic mass is 10.0. The maximum absolute atomic E-state index is 11.9. The number of piperidine rings is 1. The van der Waals surface area contributed by atoms with Crippen LogP contribution in [0.3, 0.4) is 0 Å². The second-order valence-corrected chi connectivity index (χ2v) is 5.44. The molecule has 0 saturated carbocycles. The van der Waals surface area contributed by atoms with E-state index in [9.17, 15) is 14.7 Å². The number of nitrogens with zero attached hydrogens (tertiary/aromatic N) is 1. The maximum Gasteiger partial charge on any atom is 0.249 e. The first-order valence-corrected chi connectivity index (χ1v) is 6.88. The predicted octanol–water partition coefficient (Wildman–Crippen LogP) is 0.475. The van der Waals surface area contributed by atoms with Gasteiger partial charge in [0.15, 0.2) is 0 Å². The number of aliphatic hydroxyl groups excluding tert-OH is 1. The highest BCUT2D eigenvalue weighted by Crippen LogP contribution is 2.28. The van der Waals surface area contributed by atoms with Crippen LogP contribution in [0.15, 0.2) is 18.2 Å². The molecule has 2 aliphatic rings. The zero-order valence-electron chi connectivity index (χ0n) is 10.8. The van der Waals surface area contributed by atoms with E-state index in [1.165, 1.54) is 0 Å². The number of nitrogens with one attached hydrogen (secondary N) is 1. The van der Waals surface area contributed by atoms with Crippen molar-refractivity contribution < 1.29 is 14.7 Å². The van der Waals surface area contributed by atoms with E-state index in [1.54, 1.807) is 0 Å². The Labute approximate surface area is 121 Å². The summed E-state index contributed by atoms with van der Waals surface area (Å²) in [6, 6.07) is 5.24. The molecule has 1 fully saturated rings. The number of hydrogen-bond donors (Lipinski definition) is 2. The molecule has 0 radical (unpaired) electrons. The Morgan fingerprint density at radius 2 is 2.20 bits per heavy atom. The van der Waals surface area contributed by atoms with E-state index in [0.29, 0.717) is 24.4 Å². The van der Waals surface area contributed by atoms with Crippen LogP contribution in [-0.4, -0.2) is 32.9 Å². The van der Waals surface area contributed by atoms with E-state index >= 15 is 0 Å². The molecule has 1 aromatic carbocycles. The van der Waals surface area contributed by atoms with Crippen LogP contribution in [0.1, 0.15) is 29.5 Å². The average Bonchev–Trinajstić information content (AvgIpc) is 2.75. The average molecular weight is 290 g/mol. The molecule has 2 aliphatic heterocycles. The molecule has 104 valence electrons. The number of aliphatic hydroxyl groups is 1. The number of carbonyl (C=O) groups excluding carboxylic acids is 2. The van der Waals surface area contributed by atoms with Gasteiger partial charge in [-0.05, 0) is 17.5 Å². The van der Waals surface area contributed by atoms with Crippen LogP contribution >= 0.6 is 12.2 Å². The van der Waals surface area contributed by atoms with Gasteiger partial charge in [-0.2, -0.15) is 0 Å². The van der Waals surface area contributed by atoms with Crippen molar-refractivity contribution in [1.82, 2.24) is 10.2 Å². The highest BCUT2D eigenvalue weighted by molar-refractivity contribution is 7.80. The third-order valence-electron chi connectivity index (χ3n) is 3.77. The molecule has 2 N–H and O–H groups in total. The van der Waals surface area contributed by atoms with Gasteiger partial charge < -0.3 is 10.0 Å². The lowest BCUT2D eigenvalue weighted by molar-refractivity contribution is -0.136. The molecule has 1 atom stereocenters. The van der Waals surface area contributed by atoms with E-state index in [1.807, 2.05) is 23.1 Å². The zero-order chi connectivity index (χ0) is 14.3. The van der Waals surface area contributed by atoms with Gasteiger partial charge in [0.2, 0.25) is 11.8 Å². The number of amides is 2.